The van der Waals surface area contributed by atoms with Crippen LogP contribution in [0.4, 0.5) is 5.69 Å². The standard InChI is InChI=1S/C20H23NO5S/c1-14(26-19(22)11-12-27-16-7-5-4-6-8-16)20(23)21-15-9-10-17(24-2)18(13-15)25-3/h4-10,13-14H,11-12H2,1-3H3,(H,21,23). The lowest BCUT2D eigenvalue weighted by Crippen LogP contribution is -2.30. The Balaban J connectivity index is 1.80. The molecule has 1 atom stereocenters. The lowest BCUT2D eigenvalue weighted by Gasteiger charge is -2.15. The molecule has 0 bridgehead atoms. The van der Waals surface area contributed by atoms with Crippen molar-refractivity contribution in [3.63, 3.8) is 0 Å². The fourth-order valence-electron chi connectivity index (χ4n) is 2.24. The van der Waals surface area contributed by atoms with Crippen molar-refractivity contribution in [1.82, 2.24) is 0 Å². The van der Waals surface area contributed by atoms with Crippen LogP contribution < -0.4 is 14.8 Å². The first-order valence-electron chi connectivity index (χ1n) is 8.43. The quantitative estimate of drug-likeness (QED) is 0.520. The zero-order chi connectivity index (χ0) is 19.6. The summed E-state index contributed by atoms with van der Waals surface area (Å²) in [5.74, 6) is 0.829. The minimum absolute atomic E-state index is 0.230. The highest BCUT2D eigenvalue weighted by Crippen LogP contribution is 2.29. The highest BCUT2D eigenvalue weighted by molar-refractivity contribution is 7.99. The highest BCUT2D eigenvalue weighted by Gasteiger charge is 2.18. The predicted molar refractivity (Wildman–Crippen MR) is 106 cm³/mol. The number of amides is 1. The number of esters is 1. The van der Waals surface area contributed by atoms with Crippen LogP contribution in [0.25, 0.3) is 0 Å². The Hall–Kier alpha value is -2.67. The molecule has 0 aliphatic carbocycles. The summed E-state index contributed by atoms with van der Waals surface area (Å²) < 4.78 is 15.6. The summed E-state index contributed by atoms with van der Waals surface area (Å²) in [6.45, 7) is 1.54. The van der Waals surface area contributed by atoms with E-state index in [2.05, 4.69) is 5.32 Å². The molecule has 1 N–H and O–H groups in total. The molecule has 6 nitrogen and oxygen atoms in total. The first-order chi connectivity index (χ1) is 13.0. The van der Waals surface area contributed by atoms with Gasteiger partial charge in [0.1, 0.15) is 0 Å². The summed E-state index contributed by atoms with van der Waals surface area (Å²) >= 11 is 1.57. The number of ether oxygens (including phenoxy) is 3. The molecule has 0 aliphatic heterocycles. The van der Waals surface area contributed by atoms with Gasteiger partial charge in [0.25, 0.3) is 5.91 Å². The third-order valence-electron chi connectivity index (χ3n) is 3.65. The van der Waals surface area contributed by atoms with Crippen molar-refractivity contribution in [3.8, 4) is 11.5 Å². The molecule has 0 saturated carbocycles. The van der Waals surface area contributed by atoms with Crippen molar-refractivity contribution >= 4 is 29.3 Å². The van der Waals surface area contributed by atoms with Crippen LogP contribution in [0.15, 0.2) is 53.4 Å². The first kappa shape index (κ1) is 20.6. The minimum Gasteiger partial charge on any atom is -0.493 e. The van der Waals surface area contributed by atoms with Crippen LogP contribution in [0.1, 0.15) is 13.3 Å². The average molecular weight is 389 g/mol. The molecule has 2 rings (SSSR count). The zero-order valence-electron chi connectivity index (χ0n) is 15.6. The minimum atomic E-state index is -0.896. The number of hydrogen-bond donors (Lipinski definition) is 1. The molecule has 27 heavy (non-hydrogen) atoms. The predicted octanol–water partition coefficient (Wildman–Crippen LogP) is 3.76. The van der Waals surface area contributed by atoms with Crippen LogP contribution in [0.3, 0.4) is 0 Å². The average Bonchev–Trinajstić information content (AvgIpc) is 2.68. The molecule has 2 aromatic rings. The SMILES string of the molecule is COc1ccc(NC(=O)C(C)OC(=O)CCSc2ccccc2)cc1OC. The van der Waals surface area contributed by atoms with Crippen molar-refractivity contribution in [1.29, 1.82) is 0 Å². The Morgan fingerprint density at radius 3 is 2.41 bits per heavy atom. The lowest BCUT2D eigenvalue weighted by molar-refractivity contribution is -0.152. The molecule has 0 heterocycles. The third-order valence-corrected chi connectivity index (χ3v) is 4.66. The number of hydrogen-bond acceptors (Lipinski definition) is 6. The van der Waals surface area contributed by atoms with Gasteiger partial charge in [0.05, 0.1) is 20.6 Å². The molecular weight excluding hydrogens is 366 g/mol. The van der Waals surface area contributed by atoms with Crippen molar-refractivity contribution in [2.45, 2.75) is 24.3 Å². The number of anilines is 1. The van der Waals surface area contributed by atoms with E-state index in [-0.39, 0.29) is 6.42 Å². The van der Waals surface area contributed by atoms with Crippen molar-refractivity contribution < 1.29 is 23.8 Å². The van der Waals surface area contributed by atoms with Gasteiger partial charge in [-0.15, -0.1) is 11.8 Å². The van der Waals surface area contributed by atoms with E-state index in [9.17, 15) is 9.59 Å². The smallest absolute Gasteiger partial charge is 0.307 e. The van der Waals surface area contributed by atoms with Crippen molar-refractivity contribution in [2.75, 3.05) is 25.3 Å². The van der Waals surface area contributed by atoms with E-state index in [0.29, 0.717) is 22.9 Å². The highest BCUT2D eigenvalue weighted by atomic mass is 32.2. The van der Waals surface area contributed by atoms with Gasteiger partial charge in [-0.1, -0.05) is 18.2 Å². The summed E-state index contributed by atoms with van der Waals surface area (Å²) in [6, 6.07) is 14.8. The zero-order valence-corrected chi connectivity index (χ0v) is 16.4. The Kier molecular flexibility index (Phi) is 8.00. The number of carbonyl (C=O) groups excluding carboxylic acids is 2. The van der Waals surface area contributed by atoms with E-state index in [0.717, 1.165) is 4.90 Å². The van der Waals surface area contributed by atoms with Gasteiger partial charge < -0.3 is 19.5 Å². The molecule has 1 unspecified atom stereocenters. The van der Waals surface area contributed by atoms with E-state index in [1.54, 1.807) is 36.9 Å². The molecule has 2 aromatic carbocycles. The van der Waals surface area contributed by atoms with Gasteiger partial charge in [-0.2, -0.15) is 0 Å². The van der Waals surface area contributed by atoms with Gasteiger partial charge in [0.15, 0.2) is 17.6 Å². The number of benzene rings is 2. The van der Waals surface area contributed by atoms with E-state index >= 15 is 0 Å². The van der Waals surface area contributed by atoms with E-state index < -0.39 is 18.0 Å². The molecule has 7 heteroatoms. The number of carbonyl (C=O) groups is 2. The van der Waals surface area contributed by atoms with Crippen LogP contribution in [0.5, 0.6) is 11.5 Å². The van der Waals surface area contributed by atoms with Gasteiger partial charge in [0, 0.05) is 22.4 Å². The summed E-state index contributed by atoms with van der Waals surface area (Å²) in [7, 11) is 3.05. The van der Waals surface area contributed by atoms with E-state index in [1.165, 1.54) is 14.2 Å². The summed E-state index contributed by atoms with van der Waals surface area (Å²) in [6.07, 6.45) is -0.666. The number of rotatable bonds is 9. The molecule has 1 amide bonds. The Morgan fingerprint density at radius 1 is 1.04 bits per heavy atom. The Morgan fingerprint density at radius 2 is 1.74 bits per heavy atom. The second kappa shape index (κ2) is 10.5. The first-order valence-corrected chi connectivity index (χ1v) is 9.42. The molecule has 0 aliphatic rings. The van der Waals surface area contributed by atoms with Crippen LogP contribution in [-0.2, 0) is 14.3 Å². The summed E-state index contributed by atoms with van der Waals surface area (Å²) in [5, 5.41) is 2.70. The summed E-state index contributed by atoms with van der Waals surface area (Å²) in [5.41, 5.74) is 0.528. The van der Waals surface area contributed by atoms with E-state index in [1.807, 2.05) is 30.3 Å². The maximum Gasteiger partial charge on any atom is 0.307 e. The van der Waals surface area contributed by atoms with Crippen LogP contribution >= 0.6 is 11.8 Å². The largest absolute Gasteiger partial charge is 0.493 e. The topological polar surface area (TPSA) is 73.9 Å². The van der Waals surface area contributed by atoms with E-state index in [4.69, 9.17) is 14.2 Å². The number of thioether (sulfide) groups is 1. The van der Waals surface area contributed by atoms with Gasteiger partial charge in [-0.25, -0.2) is 0 Å². The van der Waals surface area contributed by atoms with Crippen LogP contribution in [-0.4, -0.2) is 38.0 Å². The van der Waals surface area contributed by atoms with Crippen LogP contribution in [0.2, 0.25) is 0 Å². The molecule has 0 fully saturated rings. The monoisotopic (exact) mass is 389 g/mol. The molecule has 0 spiro atoms. The molecule has 144 valence electrons. The van der Waals surface area contributed by atoms with Gasteiger partial charge in [0.2, 0.25) is 0 Å². The van der Waals surface area contributed by atoms with Gasteiger partial charge in [-0.3, -0.25) is 9.59 Å². The Labute approximate surface area is 163 Å². The van der Waals surface area contributed by atoms with Crippen LogP contribution in [0, 0.1) is 0 Å². The Bertz CT molecular complexity index is 766. The second-order valence-corrected chi connectivity index (χ2v) is 6.77. The molecular formula is C20H23NO5S. The number of methoxy groups -OCH3 is 2. The van der Waals surface area contributed by atoms with Gasteiger partial charge in [-0.05, 0) is 31.2 Å². The second-order valence-electron chi connectivity index (χ2n) is 5.60. The normalized spacial score (nSPS) is 11.4. The number of nitrogens with one attached hydrogen (secondary N) is 1. The third kappa shape index (κ3) is 6.53. The molecule has 0 saturated heterocycles. The maximum absolute atomic E-state index is 12.2. The maximum atomic E-state index is 12.2. The molecule has 0 aromatic heterocycles. The molecule has 0 radical (unpaired) electrons. The van der Waals surface area contributed by atoms with Gasteiger partial charge >= 0.3 is 5.97 Å². The summed E-state index contributed by atoms with van der Waals surface area (Å²) in [4.78, 5) is 25.3. The fourth-order valence-corrected chi connectivity index (χ4v) is 3.09. The van der Waals surface area contributed by atoms with Crippen molar-refractivity contribution in [2.24, 2.45) is 0 Å². The fraction of sp³-hybridized carbons (Fsp3) is 0.300. The van der Waals surface area contributed by atoms with Crippen molar-refractivity contribution in [3.05, 3.63) is 48.5 Å². The lowest BCUT2D eigenvalue weighted by atomic mass is 10.2.